The number of hydrogen-bond acceptors (Lipinski definition) is 3. The number of hydrogen-bond donors (Lipinski definition) is 1. The van der Waals surface area contributed by atoms with E-state index in [2.05, 4.69) is 11.1 Å². The van der Waals surface area contributed by atoms with Gasteiger partial charge in [0.1, 0.15) is 10.8 Å². The van der Waals surface area contributed by atoms with E-state index in [9.17, 15) is 5.11 Å². The second-order valence-corrected chi connectivity index (χ2v) is 5.02. The Hall–Kier alpha value is -1.87. The van der Waals surface area contributed by atoms with Crippen LogP contribution in [-0.4, -0.2) is 10.1 Å². The highest BCUT2D eigenvalue weighted by Crippen LogP contribution is 2.31. The number of aromatic nitrogens is 1. The van der Waals surface area contributed by atoms with E-state index in [1.165, 1.54) is 4.70 Å². The zero-order valence-electron chi connectivity index (χ0n) is 13.3. The molecule has 0 aliphatic heterocycles. The van der Waals surface area contributed by atoms with Gasteiger partial charge in [0, 0.05) is 5.56 Å². The van der Waals surface area contributed by atoms with Crippen LogP contribution in [0.1, 0.15) is 33.3 Å². The van der Waals surface area contributed by atoms with Crippen LogP contribution >= 0.6 is 11.3 Å². The van der Waals surface area contributed by atoms with Crippen LogP contribution in [0.2, 0.25) is 0 Å². The van der Waals surface area contributed by atoms with Gasteiger partial charge in [-0.1, -0.05) is 39.8 Å². The van der Waals surface area contributed by atoms with Gasteiger partial charge in [-0.2, -0.15) is 0 Å². The van der Waals surface area contributed by atoms with Crippen LogP contribution in [0.25, 0.3) is 20.8 Å². The Labute approximate surface area is 131 Å². The van der Waals surface area contributed by atoms with Crippen LogP contribution in [0.15, 0.2) is 42.5 Å². The number of phenolic OH excluding ortho intramolecular Hbond substituents is 1. The largest absolute Gasteiger partial charge is 0.508 e. The number of aromatic hydroxyl groups is 1. The maximum atomic E-state index is 9.51. The molecule has 0 saturated carbocycles. The van der Waals surface area contributed by atoms with Gasteiger partial charge in [0.25, 0.3) is 0 Å². The van der Waals surface area contributed by atoms with Crippen LogP contribution in [0, 0.1) is 6.92 Å². The fourth-order valence-corrected chi connectivity index (χ4v) is 2.75. The number of aryl methyl sites for hydroxylation is 1. The molecular formula is C18H23NOS. The number of phenols is 1. The van der Waals surface area contributed by atoms with Gasteiger partial charge in [0.05, 0.1) is 10.2 Å². The molecule has 0 radical (unpaired) electrons. The van der Waals surface area contributed by atoms with Crippen molar-refractivity contribution in [2.24, 2.45) is 0 Å². The molecule has 0 fully saturated rings. The standard InChI is InChI=1S/C14H11NOS.2C2H6/c1-9-8-10(6-7-12(9)16)14-15-11-4-2-3-5-13(11)17-14;2*1-2/h2-8,16H,1H3;2*1-2H3. The van der Waals surface area contributed by atoms with Crippen molar-refractivity contribution in [2.45, 2.75) is 34.6 Å². The Bertz CT molecular complexity index is 656. The minimum atomic E-state index is 0.329. The van der Waals surface area contributed by atoms with Gasteiger partial charge in [-0.15, -0.1) is 11.3 Å². The number of benzene rings is 2. The molecule has 3 rings (SSSR count). The summed E-state index contributed by atoms with van der Waals surface area (Å²) < 4.78 is 1.19. The number of rotatable bonds is 1. The summed E-state index contributed by atoms with van der Waals surface area (Å²) in [6.45, 7) is 9.89. The van der Waals surface area contributed by atoms with Crippen molar-refractivity contribution in [3.63, 3.8) is 0 Å². The molecule has 2 aromatic carbocycles. The molecule has 0 amide bonds. The lowest BCUT2D eigenvalue weighted by Crippen LogP contribution is -1.79. The summed E-state index contributed by atoms with van der Waals surface area (Å²) in [6, 6.07) is 13.7. The fourth-order valence-electron chi connectivity index (χ4n) is 1.78. The number of nitrogens with zero attached hydrogens (tertiary/aromatic N) is 1. The molecular weight excluding hydrogens is 278 g/mol. The number of thiazole rings is 1. The van der Waals surface area contributed by atoms with Crippen molar-refractivity contribution in [1.29, 1.82) is 0 Å². The molecule has 1 aromatic heterocycles. The third-order valence-corrected chi connectivity index (χ3v) is 3.82. The summed E-state index contributed by atoms with van der Waals surface area (Å²) in [7, 11) is 0. The van der Waals surface area contributed by atoms with E-state index in [0.717, 1.165) is 21.7 Å². The van der Waals surface area contributed by atoms with E-state index in [1.54, 1.807) is 17.4 Å². The Balaban J connectivity index is 0.000000510. The lowest BCUT2D eigenvalue weighted by atomic mass is 10.1. The Kier molecular flexibility index (Phi) is 6.89. The van der Waals surface area contributed by atoms with E-state index in [4.69, 9.17) is 0 Å². The molecule has 3 heteroatoms. The number of fused-ring (bicyclic) bond motifs is 1. The third-order valence-electron chi connectivity index (χ3n) is 2.74. The van der Waals surface area contributed by atoms with Gasteiger partial charge in [-0.25, -0.2) is 4.98 Å². The average molecular weight is 301 g/mol. The van der Waals surface area contributed by atoms with Crippen molar-refractivity contribution in [1.82, 2.24) is 4.98 Å². The first-order valence-corrected chi connectivity index (χ1v) is 8.21. The lowest BCUT2D eigenvalue weighted by molar-refractivity contribution is 0.471. The van der Waals surface area contributed by atoms with Gasteiger partial charge in [0.15, 0.2) is 0 Å². The summed E-state index contributed by atoms with van der Waals surface area (Å²) in [5, 5.41) is 10.5. The highest BCUT2D eigenvalue weighted by molar-refractivity contribution is 7.21. The molecule has 0 aliphatic carbocycles. The zero-order valence-corrected chi connectivity index (χ0v) is 14.2. The monoisotopic (exact) mass is 301 g/mol. The number of para-hydroxylation sites is 1. The second kappa shape index (κ2) is 8.42. The molecule has 2 nitrogen and oxygen atoms in total. The van der Waals surface area contributed by atoms with Crippen LogP contribution in [-0.2, 0) is 0 Å². The average Bonchev–Trinajstić information content (AvgIpc) is 2.98. The topological polar surface area (TPSA) is 33.1 Å². The Morgan fingerprint density at radius 2 is 1.62 bits per heavy atom. The molecule has 1 N–H and O–H groups in total. The minimum absolute atomic E-state index is 0.329. The molecule has 0 saturated heterocycles. The summed E-state index contributed by atoms with van der Waals surface area (Å²) in [5.41, 5.74) is 2.96. The molecule has 1 heterocycles. The maximum Gasteiger partial charge on any atom is 0.124 e. The van der Waals surface area contributed by atoms with E-state index < -0.39 is 0 Å². The molecule has 0 unspecified atom stereocenters. The molecule has 112 valence electrons. The van der Waals surface area contributed by atoms with Crippen LogP contribution in [0.3, 0.4) is 0 Å². The third kappa shape index (κ3) is 4.05. The van der Waals surface area contributed by atoms with E-state index in [-0.39, 0.29) is 0 Å². The van der Waals surface area contributed by atoms with Crippen LogP contribution in [0.5, 0.6) is 5.75 Å². The van der Waals surface area contributed by atoms with E-state index >= 15 is 0 Å². The van der Waals surface area contributed by atoms with Gasteiger partial charge >= 0.3 is 0 Å². The quantitative estimate of drug-likeness (QED) is 0.595. The highest BCUT2D eigenvalue weighted by Gasteiger charge is 2.06. The summed E-state index contributed by atoms with van der Waals surface area (Å²) in [5.74, 6) is 0.329. The van der Waals surface area contributed by atoms with Crippen molar-refractivity contribution in [3.05, 3.63) is 48.0 Å². The van der Waals surface area contributed by atoms with E-state index in [1.807, 2.05) is 65.0 Å². The van der Waals surface area contributed by atoms with Crippen LogP contribution in [0.4, 0.5) is 0 Å². The van der Waals surface area contributed by atoms with Crippen molar-refractivity contribution < 1.29 is 5.11 Å². The Morgan fingerprint density at radius 1 is 0.952 bits per heavy atom. The van der Waals surface area contributed by atoms with E-state index in [0.29, 0.717) is 5.75 Å². The highest BCUT2D eigenvalue weighted by atomic mass is 32.1. The van der Waals surface area contributed by atoms with Crippen molar-refractivity contribution >= 4 is 21.6 Å². The molecule has 0 spiro atoms. The second-order valence-electron chi connectivity index (χ2n) is 3.99. The lowest BCUT2D eigenvalue weighted by Gasteiger charge is -2.00. The molecule has 3 aromatic rings. The van der Waals surface area contributed by atoms with Gasteiger partial charge in [0.2, 0.25) is 0 Å². The molecule has 0 aliphatic rings. The van der Waals surface area contributed by atoms with Gasteiger partial charge < -0.3 is 5.11 Å². The SMILES string of the molecule is CC.CC.Cc1cc(-c2nc3ccccc3s2)ccc1O. The van der Waals surface area contributed by atoms with Crippen molar-refractivity contribution in [2.75, 3.05) is 0 Å². The molecule has 0 atom stereocenters. The van der Waals surface area contributed by atoms with Gasteiger partial charge in [-0.3, -0.25) is 0 Å². The minimum Gasteiger partial charge on any atom is -0.508 e. The maximum absolute atomic E-state index is 9.51. The first-order valence-electron chi connectivity index (χ1n) is 7.39. The van der Waals surface area contributed by atoms with Crippen molar-refractivity contribution in [3.8, 4) is 16.3 Å². The smallest absolute Gasteiger partial charge is 0.124 e. The molecule has 21 heavy (non-hydrogen) atoms. The van der Waals surface area contributed by atoms with Gasteiger partial charge in [-0.05, 0) is 42.8 Å². The molecule has 0 bridgehead atoms. The predicted octanol–water partition coefficient (Wildman–Crippen LogP) is 6.03. The zero-order chi connectivity index (χ0) is 15.8. The fraction of sp³-hybridized carbons (Fsp3) is 0.278. The summed E-state index contributed by atoms with van der Waals surface area (Å²) in [4.78, 5) is 4.59. The predicted molar refractivity (Wildman–Crippen MR) is 94.2 cm³/mol. The Morgan fingerprint density at radius 3 is 2.24 bits per heavy atom. The first-order chi connectivity index (χ1) is 10.2. The summed E-state index contributed by atoms with van der Waals surface area (Å²) in [6.07, 6.45) is 0. The first kappa shape index (κ1) is 17.2. The summed E-state index contributed by atoms with van der Waals surface area (Å²) >= 11 is 1.67. The normalized spacial score (nSPS) is 9.38. The van der Waals surface area contributed by atoms with Crippen LogP contribution < -0.4 is 0 Å².